The molecule has 2 N–H and O–H groups in total. The van der Waals surface area contributed by atoms with Gasteiger partial charge in [0.2, 0.25) is 0 Å². The standard InChI is InChI=1S/C25H33N3O4SSi/c1-25(2,3)34(6,7)32-22-10-8-9-19-21(16-26-23(19)22)24-20-15-18(29)12-11-17(20)13-14-28(24)33(30,31)27(4)5/h8-16,24,26,29H,1-7H3. The molecule has 1 aliphatic heterocycles. The van der Waals surface area contributed by atoms with Gasteiger partial charge in [-0.05, 0) is 53.5 Å². The fraction of sp³-hybridized carbons (Fsp3) is 0.360. The number of phenols is 1. The summed E-state index contributed by atoms with van der Waals surface area (Å²) >= 11 is 0. The van der Waals surface area contributed by atoms with Gasteiger partial charge >= 0.3 is 10.2 Å². The van der Waals surface area contributed by atoms with Crippen molar-refractivity contribution in [3.8, 4) is 11.5 Å². The van der Waals surface area contributed by atoms with Crippen LogP contribution >= 0.6 is 0 Å². The predicted octanol–water partition coefficient (Wildman–Crippen LogP) is 5.44. The van der Waals surface area contributed by atoms with Crippen molar-refractivity contribution in [3.63, 3.8) is 0 Å². The lowest BCUT2D eigenvalue weighted by atomic mass is 9.92. The van der Waals surface area contributed by atoms with E-state index in [0.29, 0.717) is 5.56 Å². The number of nitrogens with zero attached hydrogens (tertiary/aromatic N) is 2. The molecule has 0 bridgehead atoms. The molecular formula is C25H33N3O4SSi. The quantitative estimate of drug-likeness (QED) is 0.458. The molecule has 7 nitrogen and oxygen atoms in total. The zero-order valence-electron chi connectivity index (χ0n) is 20.7. The zero-order valence-corrected chi connectivity index (χ0v) is 22.6. The highest BCUT2D eigenvalue weighted by atomic mass is 32.2. The Kier molecular flexibility index (Phi) is 5.86. The molecule has 1 unspecified atom stereocenters. The first-order valence-electron chi connectivity index (χ1n) is 11.2. The number of aromatic hydroxyl groups is 1. The van der Waals surface area contributed by atoms with Crippen molar-refractivity contribution < 1.29 is 18.0 Å². The van der Waals surface area contributed by atoms with Crippen LogP contribution in [0.25, 0.3) is 17.0 Å². The smallest absolute Gasteiger partial charge is 0.303 e. The molecule has 0 saturated carbocycles. The largest absolute Gasteiger partial charge is 0.542 e. The van der Waals surface area contributed by atoms with Crippen LogP contribution in [0.1, 0.15) is 43.5 Å². The minimum atomic E-state index is -3.80. The number of H-pyrrole nitrogens is 1. The Morgan fingerprint density at radius 1 is 1.12 bits per heavy atom. The van der Waals surface area contributed by atoms with Crippen LogP contribution in [-0.2, 0) is 10.2 Å². The van der Waals surface area contributed by atoms with Gasteiger partial charge in [-0.2, -0.15) is 12.7 Å². The molecule has 0 radical (unpaired) electrons. The van der Waals surface area contributed by atoms with Gasteiger partial charge in [-0.15, -0.1) is 0 Å². The van der Waals surface area contributed by atoms with Crippen LogP contribution in [0.2, 0.25) is 18.1 Å². The molecule has 182 valence electrons. The van der Waals surface area contributed by atoms with Gasteiger partial charge < -0.3 is 14.5 Å². The van der Waals surface area contributed by atoms with Gasteiger partial charge in [-0.25, -0.2) is 0 Å². The first kappa shape index (κ1) is 24.4. The molecule has 3 aromatic rings. The number of hydrogen-bond donors (Lipinski definition) is 2. The van der Waals surface area contributed by atoms with Gasteiger partial charge in [0.1, 0.15) is 11.5 Å². The molecule has 1 atom stereocenters. The molecule has 1 aliphatic rings. The second kappa shape index (κ2) is 8.18. The Balaban J connectivity index is 1.91. The number of rotatable bonds is 5. The van der Waals surface area contributed by atoms with Crippen LogP contribution in [0.15, 0.2) is 48.8 Å². The summed E-state index contributed by atoms with van der Waals surface area (Å²) in [6, 6.07) is 10.3. The maximum Gasteiger partial charge on any atom is 0.303 e. The van der Waals surface area contributed by atoms with Gasteiger partial charge in [0, 0.05) is 37.4 Å². The fourth-order valence-corrected chi connectivity index (χ4v) is 6.03. The third-order valence-electron chi connectivity index (χ3n) is 6.92. The third kappa shape index (κ3) is 4.01. The minimum Gasteiger partial charge on any atom is -0.542 e. The lowest BCUT2D eigenvalue weighted by Crippen LogP contribution is -2.43. The summed E-state index contributed by atoms with van der Waals surface area (Å²) in [5, 5.41) is 11.2. The fourth-order valence-electron chi connectivity index (χ4n) is 3.92. The van der Waals surface area contributed by atoms with Crippen LogP contribution < -0.4 is 4.43 Å². The Morgan fingerprint density at radius 2 is 1.82 bits per heavy atom. The Bertz CT molecular complexity index is 1370. The number of hydrogen-bond acceptors (Lipinski definition) is 4. The monoisotopic (exact) mass is 499 g/mol. The molecule has 9 heteroatoms. The lowest BCUT2D eigenvalue weighted by molar-refractivity contribution is 0.401. The van der Waals surface area contributed by atoms with E-state index in [-0.39, 0.29) is 10.8 Å². The lowest BCUT2D eigenvalue weighted by Gasteiger charge is -2.36. The molecular weight excluding hydrogens is 466 g/mol. The molecule has 4 rings (SSSR count). The van der Waals surface area contributed by atoms with Crippen LogP contribution in [0.4, 0.5) is 0 Å². The summed E-state index contributed by atoms with van der Waals surface area (Å²) < 4.78 is 35.7. The van der Waals surface area contributed by atoms with Gasteiger partial charge in [-0.1, -0.05) is 39.0 Å². The van der Waals surface area contributed by atoms with Gasteiger partial charge in [0.25, 0.3) is 8.32 Å². The van der Waals surface area contributed by atoms with Crippen LogP contribution in [0, 0.1) is 0 Å². The zero-order chi connectivity index (χ0) is 25.1. The van der Waals surface area contributed by atoms with Crippen LogP contribution in [0.5, 0.6) is 11.5 Å². The number of aromatic amines is 1. The number of phenolic OH excluding ortho intramolecular Hbond substituents is 1. The van der Waals surface area contributed by atoms with Gasteiger partial charge in [0.15, 0.2) is 0 Å². The molecule has 2 aromatic carbocycles. The highest BCUT2D eigenvalue weighted by Crippen LogP contribution is 2.44. The summed E-state index contributed by atoms with van der Waals surface area (Å²) in [6.45, 7) is 11.0. The number of nitrogens with one attached hydrogen (secondary N) is 1. The number of benzene rings is 2. The summed E-state index contributed by atoms with van der Waals surface area (Å²) in [6.07, 6.45) is 5.19. The first-order valence-corrected chi connectivity index (χ1v) is 15.6. The number of aromatic nitrogens is 1. The molecule has 0 fully saturated rings. The summed E-state index contributed by atoms with van der Waals surface area (Å²) in [7, 11) is -2.87. The van der Waals surface area contributed by atoms with Crippen molar-refractivity contribution in [2.24, 2.45) is 0 Å². The van der Waals surface area contributed by atoms with E-state index in [2.05, 4.69) is 38.8 Å². The summed E-state index contributed by atoms with van der Waals surface area (Å²) in [5.74, 6) is 0.850. The average Bonchev–Trinajstić information content (AvgIpc) is 3.16. The first-order chi connectivity index (χ1) is 15.7. The average molecular weight is 500 g/mol. The Morgan fingerprint density at radius 3 is 2.47 bits per heavy atom. The van der Waals surface area contributed by atoms with Crippen molar-refractivity contribution in [1.82, 2.24) is 13.6 Å². The van der Waals surface area contributed by atoms with Crippen molar-refractivity contribution in [1.29, 1.82) is 0 Å². The summed E-state index contributed by atoms with van der Waals surface area (Å²) in [5.41, 5.74) is 3.19. The van der Waals surface area contributed by atoms with E-state index in [9.17, 15) is 13.5 Å². The molecule has 2 heterocycles. The van der Waals surface area contributed by atoms with Crippen molar-refractivity contribution in [2.45, 2.75) is 44.9 Å². The summed E-state index contributed by atoms with van der Waals surface area (Å²) in [4.78, 5) is 3.35. The van der Waals surface area contributed by atoms with E-state index in [0.717, 1.165) is 27.8 Å². The Labute approximate surface area is 203 Å². The second-order valence-corrected chi connectivity index (χ2v) is 17.2. The van der Waals surface area contributed by atoms with E-state index in [1.54, 1.807) is 30.5 Å². The topological polar surface area (TPSA) is 85.9 Å². The van der Waals surface area contributed by atoms with Crippen molar-refractivity contribution in [2.75, 3.05) is 14.1 Å². The van der Waals surface area contributed by atoms with E-state index in [1.807, 2.05) is 24.4 Å². The van der Waals surface area contributed by atoms with E-state index >= 15 is 0 Å². The molecule has 34 heavy (non-hydrogen) atoms. The maximum atomic E-state index is 13.3. The highest BCUT2D eigenvalue weighted by molar-refractivity contribution is 7.86. The third-order valence-corrected chi connectivity index (χ3v) is 13.1. The second-order valence-electron chi connectivity index (χ2n) is 10.4. The molecule has 1 aromatic heterocycles. The molecule has 0 saturated heterocycles. The number of fused-ring (bicyclic) bond motifs is 2. The van der Waals surface area contributed by atoms with Crippen molar-refractivity contribution >= 4 is 35.5 Å². The van der Waals surface area contributed by atoms with Crippen LogP contribution in [0.3, 0.4) is 0 Å². The Hall–Kier alpha value is -2.75. The van der Waals surface area contributed by atoms with Crippen molar-refractivity contribution in [3.05, 3.63) is 65.5 Å². The van der Waals surface area contributed by atoms with Crippen LogP contribution in [-0.4, -0.2) is 49.5 Å². The predicted molar refractivity (Wildman–Crippen MR) is 140 cm³/mol. The SMILES string of the molecule is CN(C)S(=O)(=O)N1C=Cc2ccc(O)cc2C1c1c[nH]c2c(O[Si](C)(C)C(C)(C)C)cccc12. The van der Waals surface area contributed by atoms with E-state index in [1.165, 1.54) is 22.7 Å². The van der Waals surface area contributed by atoms with E-state index in [4.69, 9.17) is 4.43 Å². The minimum absolute atomic E-state index is 0.0335. The molecule has 0 amide bonds. The molecule has 0 aliphatic carbocycles. The van der Waals surface area contributed by atoms with Gasteiger partial charge in [0.05, 0.1) is 11.6 Å². The normalized spacial score (nSPS) is 16.8. The van der Waals surface area contributed by atoms with Gasteiger partial charge in [-0.3, -0.25) is 4.31 Å². The maximum absolute atomic E-state index is 13.3. The number of para-hydroxylation sites is 1. The highest BCUT2D eigenvalue weighted by Gasteiger charge is 2.40. The van der Waals surface area contributed by atoms with E-state index < -0.39 is 24.6 Å². The molecule has 0 spiro atoms.